The minimum Gasteiger partial charge on any atom is -0.295 e. The van der Waals surface area contributed by atoms with E-state index in [9.17, 15) is 9.59 Å². The average molecular weight is 425 g/mol. The maximum atomic E-state index is 13.2. The van der Waals surface area contributed by atoms with Crippen molar-refractivity contribution in [2.45, 2.75) is 92.9 Å². The number of fused-ring (bicyclic) bond motifs is 5. The van der Waals surface area contributed by atoms with E-state index in [4.69, 9.17) is 0 Å². The average Bonchev–Trinajstić information content (AvgIpc) is 3.07. The Hall–Kier alpha value is -1.18. The highest BCUT2D eigenvalue weighted by Crippen LogP contribution is 2.67. The summed E-state index contributed by atoms with van der Waals surface area (Å²) in [5.74, 6) is 4.92. The zero-order chi connectivity index (χ0) is 22.6. The number of allylic oxidation sites excluding steroid dienone is 3. The van der Waals surface area contributed by atoms with Gasteiger partial charge in [-0.1, -0.05) is 53.7 Å². The molecule has 31 heavy (non-hydrogen) atoms. The maximum absolute atomic E-state index is 13.2. The largest absolute Gasteiger partial charge is 0.295 e. The van der Waals surface area contributed by atoms with Gasteiger partial charge in [0.1, 0.15) is 0 Å². The minimum atomic E-state index is -0.0650. The molecular formula is C29H44O2. The number of ketones is 2. The first-order valence-corrected chi connectivity index (χ1v) is 13.1. The summed E-state index contributed by atoms with van der Waals surface area (Å²) in [5.41, 5.74) is 1.16. The van der Waals surface area contributed by atoms with Crippen LogP contribution in [0.2, 0.25) is 0 Å². The second-order valence-electron chi connectivity index (χ2n) is 12.2. The van der Waals surface area contributed by atoms with Gasteiger partial charge in [-0.05, 0) is 96.9 Å². The van der Waals surface area contributed by atoms with Crippen molar-refractivity contribution < 1.29 is 9.59 Å². The molecule has 0 aromatic carbocycles. The fraction of sp³-hybridized carbons (Fsp3) is 0.793. The first-order chi connectivity index (χ1) is 14.6. The first kappa shape index (κ1) is 23.0. The SMILES string of the molecule is CCC(/C=C\C(C)C1CCC2[C@@H]3CC(=O)C4=CC(=O)CC[C@]4(C)C3CC[C@]12C)C(C)C. The molecule has 0 aromatic rings. The molecule has 0 heterocycles. The Morgan fingerprint density at radius 2 is 1.77 bits per heavy atom. The molecule has 2 heteroatoms. The lowest BCUT2D eigenvalue weighted by atomic mass is 9.46. The Kier molecular flexibility index (Phi) is 6.16. The van der Waals surface area contributed by atoms with Gasteiger partial charge in [-0.15, -0.1) is 0 Å². The molecule has 0 aliphatic heterocycles. The van der Waals surface area contributed by atoms with Gasteiger partial charge in [0.15, 0.2) is 11.6 Å². The Labute approximate surface area is 190 Å². The molecule has 0 saturated heterocycles. The van der Waals surface area contributed by atoms with Gasteiger partial charge in [-0.25, -0.2) is 0 Å². The van der Waals surface area contributed by atoms with Gasteiger partial charge in [0, 0.05) is 18.4 Å². The maximum Gasteiger partial charge on any atom is 0.159 e. The highest BCUT2D eigenvalue weighted by molar-refractivity contribution is 6.05. The van der Waals surface area contributed by atoms with Gasteiger partial charge < -0.3 is 0 Å². The molecule has 0 bridgehead atoms. The van der Waals surface area contributed by atoms with E-state index >= 15 is 0 Å². The standard InChI is InChI=1S/C29H44O2/c1-7-20(18(2)3)9-8-19(4)23-10-11-24-22-17-27(31)26-16-21(30)12-14-29(26,6)25(22)13-15-28(23,24)5/h8-9,16,18-20,22-25H,7,10-15,17H2,1-6H3/b9-8-/t19?,20?,22-,23?,24?,25?,28+,29+/m0/s1. The van der Waals surface area contributed by atoms with E-state index in [2.05, 4.69) is 53.7 Å². The Morgan fingerprint density at radius 1 is 1.03 bits per heavy atom. The molecule has 5 unspecified atom stereocenters. The van der Waals surface area contributed by atoms with E-state index in [1.54, 1.807) is 6.08 Å². The first-order valence-electron chi connectivity index (χ1n) is 13.1. The lowest BCUT2D eigenvalue weighted by molar-refractivity contribution is -0.131. The zero-order valence-corrected chi connectivity index (χ0v) is 20.7. The Balaban J connectivity index is 1.56. The van der Waals surface area contributed by atoms with E-state index < -0.39 is 0 Å². The van der Waals surface area contributed by atoms with Crippen molar-refractivity contribution in [1.82, 2.24) is 0 Å². The third-order valence-electron chi connectivity index (χ3n) is 10.5. The van der Waals surface area contributed by atoms with Crippen LogP contribution in [0.5, 0.6) is 0 Å². The van der Waals surface area contributed by atoms with Crippen molar-refractivity contribution in [3.05, 3.63) is 23.8 Å². The number of carbonyl (C=O) groups is 2. The predicted octanol–water partition coefficient (Wildman–Crippen LogP) is 7.19. The molecule has 4 aliphatic rings. The van der Waals surface area contributed by atoms with Crippen molar-refractivity contribution >= 4 is 11.6 Å². The molecule has 4 rings (SSSR count). The molecule has 0 N–H and O–H groups in total. The lowest BCUT2D eigenvalue weighted by Crippen LogP contribution is -2.53. The summed E-state index contributed by atoms with van der Waals surface area (Å²) in [6.45, 7) is 14.3. The van der Waals surface area contributed by atoms with Crippen LogP contribution in [0.3, 0.4) is 0 Å². The Bertz CT molecular complexity index is 789. The molecular weight excluding hydrogens is 380 g/mol. The summed E-state index contributed by atoms with van der Waals surface area (Å²) in [5, 5.41) is 0. The third-order valence-corrected chi connectivity index (χ3v) is 10.5. The van der Waals surface area contributed by atoms with Crippen LogP contribution >= 0.6 is 0 Å². The molecule has 3 fully saturated rings. The normalized spacial score (nSPS) is 42.2. The fourth-order valence-electron chi connectivity index (χ4n) is 8.57. The molecule has 0 spiro atoms. The highest BCUT2D eigenvalue weighted by atomic mass is 16.1. The van der Waals surface area contributed by atoms with Crippen LogP contribution in [0, 0.1) is 52.3 Å². The summed E-state index contributed by atoms with van der Waals surface area (Å²) in [6, 6.07) is 0. The van der Waals surface area contributed by atoms with E-state index in [1.807, 2.05) is 0 Å². The number of hydrogen-bond acceptors (Lipinski definition) is 2. The van der Waals surface area contributed by atoms with Gasteiger partial charge in [0.05, 0.1) is 0 Å². The molecule has 2 nitrogen and oxygen atoms in total. The second-order valence-corrected chi connectivity index (χ2v) is 12.2. The van der Waals surface area contributed by atoms with Gasteiger partial charge in [-0.2, -0.15) is 0 Å². The van der Waals surface area contributed by atoms with Crippen molar-refractivity contribution in [3.8, 4) is 0 Å². The molecule has 8 atom stereocenters. The van der Waals surface area contributed by atoms with E-state index in [1.165, 1.54) is 32.1 Å². The van der Waals surface area contributed by atoms with Crippen LogP contribution < -0.4 is 0 Å². The van der Waals surface area contributed by atoms with E-state index in [-0.39, 0.29) is 17.0 Å². The van der Waals surface area contributed by atoms with Crippen LogP contribution in [-0.2, 0) is 9.59 Å². The van der Waals surface area contributed by atoms with Gasteiger partial charge in [-0.3, -0.25) is 9.59 Å². The van der Waals surface area contributed by atoms with Crippen molar-refractivity contribution in [2.75, 3.05) is 0 Å². The van der Waals surface area contributed by atoms with E-state index in [0.717, 1.165) is 17.9 Å². The zero-order valence-electron chi connectivity index (χ0n) is 20.7. The molecule has 0 aromatic heterocycles. The molecule has 4 aliphatic carbocycles. The molecule has 172 valence electrons. The van der Waals surface area contributed by atoms with Gasteiger partial charge in [0.25, 0.3) is 0 Å². The quantitative estimate of drug-likeness (QED) is 0.438. The minimum absolute atomic E-state index is 0.0650. The molecule has 0 amide bonds. The highest BCUT2D eigenvalue weighted by Gasteiger charge is 2.60. The predicted molar refractivity (Wildman–Crippen MR) is 128 cm³/mol. The third kappa shape index (κ3) is 3.70. The van der Waals surface area contributed by atoms with Gasteiger partial charge >= 0.3 is 0 Å². The number of rotatable bonds is 5. The molecule has 3 saturated carbocycles. The summed E-state index contributed by atoms with van der Waals surface area (Å²) < 4.78 is 0. The van der Waals surface area contributed by atoms with Crippen LogP contribution in [0.25, 0.3) is 0 Å². The summed E-state index contributed by atoms with van der Waals surface area (Å²) in [7, 11) is 0. The van der Waals surface area contributed by atoms with Crippen LogP contribution in [0.1, 0.15) is 92.9 Å². The van der Waals surface area contributed by atoms with Gasteiger partial charge in [0.2, 0.25) is 0 Å². The summed E-state index contributed by atoms with van der Waals surface area (Å²) >= 11 is 0. The number of Topliss-reactive ketones (excluding diaryl/α,β-unsaturated/α-hetero) is 1. The fourth-order valence-corrected chi connectivity index (χ4v) is 8.57. The molecule has 0 radical (unpaired) electrons. The Morgan fingerprint density at radius 3 is 2.45 bits per heavy atom. The van der Waals surface area contributed by atoms with E-state index in [0.29, 0.717) is 53.8 Å². The summed E-state index contributed by atoms with van der Waals surface area (Å²) in [4.78, 5) is 25.2. The smallest absolute Gasteiger partial charge is 0.159 e. The number of hydrogen-bond donors (Lipinski definition) is 0. The van der Waals surface area contributed by atoms with Crippen LogP contribution in [0.4, 0.5) is 0 Å². The monoisotopic (exact) mass is 424 g/mol. The number of carbonyl (C=O) groups excluding carboxylic acids is 2. The topological polar surface area (TPSA) is 34.1 Å². The second kappa shape index (κ2) is 8.31. The van der Waals surface area contributed by atoms with Crippen LogP contribution in [-0.4, -0.2) is 11.6 Å². The van der Waals surface area contributed by atoms with Crippen LogP contribution in [0.15, 0.2) is 23.8 Å². The summed E-state index contributed by atoms with van der Waals surface area (Å²) in [6.07, 6.45) is 15.2. The van der Waals surface area contributed by atoms with Crippen molar-refractivity contribution in [2.24, 2.45) is 52.3 Å². The van der Waals surface area contributed by atoms with Crippen molar-refractivity contribution in [1.29, 1.82) is 0 Å². The van der Waals surface area contributed by atoms with Crippen molar-refractivity contribution in [3.63, 3.8) is 0 Å². The lowest BCUT2D eigenvalue weighted by Gasteiger charge is -2.57.